The van der Waals surface area contributed by atoms with E-state index in [4.69, 9.17) is 4.74 Å². The van der Waals surface area contributed by atoms with Crippen molar-refractivity contribution in [3.63, 3.8) is 0 Å². The van der Waals surface area contributed by atoms with E-state index in [9.17, 15) is 9.59 Å². The van der Waals surface area contributed by atoms with E-state index in [2.05, 4.69) is 10.3 Å². The lowest BCUT2D eigenvalue weighted by Crippen LogP contribution is -2.42. The van der Waals surface area contributed by atoms with Crippen molar-refractivity contribution in [2.24, 2.45) is 18.9 Å². The first kappa shape index (κ1) is 18.7. The molecule has 0 saturated carbocycles. The molecule has 8 nitrogen and oxygen atoms in total. The Kier molecular flexibility index (Phi) is 4.97. The van der Waals surface area contributed by atoms with E-state index >= 15 is 0 Å². The van der Waals surface area contributed by atoms with E-state index in [0.29, 0.717) is 31.8 Å². The third-order valence-corrected chi connectivity index (χ3v) is 5.97. The molecular formula is C20H27N5O3. The maximum Gasteiger partial charge on any atom is 0.253 e. The van der Waals surface area contributed by atoms with Crippen LogP contribution in [-0.2, 0) is 16.6 Å². The van der Waals surface area contributed by atoms with E-state index in [1.54, 1.807) is 12.0 Å². The van der Waals surface area contributed by atoms with Gasteiger partial charge in [0.25, 0.3) is 5.91 Å². The molecule has 2 aromatic rings. The fourth-order valence-corrected chi connectivity index (χ4v) is 4.30. The number of hydrogen-bond acceptors (Lipinski definition) is 5. The first-order valence-electron chi connectivity index (χ1n) is 9.73. The molecule has 1 aromatic heterocycles. The lowest BCUT2D eigenvalue weighted by molar-refractivity contribution is -0.137. The number of ether oxygens (including phenoxy) is 1. The minimum Gasteiger partial charge on any atom is -0.383 e. The number of likely N-dealkylation sites (tertiary alicyclic amines) is 2. The number of nitrogens with one attached hydrogen (secondary N) is 1. The zero-order valence-corrected chi connectivity index (χ0v) is 16.6. The maximum absolute atomic E-state index is 13.1. The molecule has 2 atom stereocenters. The minimum absolute atomic E-state index is 0.0219. The van der Waals surface area contributed by atoms with Gasteiger partial charge in [-0.15, -0.1) is 0 Å². The van der Waals surface area contributed by atoms with Crippen LogP contribution in [0.3, 0.4) is 0 Å². The molecule has 0 unspecified atom stereocenters. The number of anilines is 1. The van der Waals surface area contributed by atoms with Gasteiger partial charge in [0.1, 0.15) is 0 Å². The predicted molar refractivity (Wildman–Crippen MR) is 106 cm³/mol. The van der Waals surface area contributed by atoms with Gasteiger partial charge >= 0.3 is 0 Å². The summed E-state index contributed by atoms with van der Waals surface area (Å²) in [7, 11) is 5.45. The normalized spacial score (nSPS) is 22.0. The highest BCUT2D eigenvalue weighted by atomic mass is 16.5. The predicted octanol–water partition coefficient (Wildman–Crippen LogP) is 1.18. The Balaban J connectivity index is 1.52. The number of hydrogen-bond donors (Lipinski definition) is 1. The van der Waals surface area contributed by atoms with Gasteiger partial charge in [0, 0.05) is 52.9 Å². The van der Waals surface area contributed by atoms with Crippen molar-refractivity contribution < 1.29 is 14.3 Å². The second-order valence-corrected chi connectivity index (χ2v) is 7.74. The molecule has 0 radical (unpaired) electrons. The first-order chi connectivity index (χ1) is 13.5. The standard InChI is InChI=1S/C20H27N5O3/c1-23-8-6-14-11-25(12-15(14)19(23)27)18(26)13-4-5-17-16(10-13)22-20(24(17)2)21-7-9-28-3/h4-5,10,14-15H,6-9,11-12H2,1-3H3,(H,21,22)/t14-,15+/m1/s1. The zero-order chi connectivity index (χ0) is 19.8. The largest absolute Gasteiger partial charge is 0.383 e. The summed E-state index contributed by atoms with van der Waals surface area (Å²) in [5.74, 6) is 1.11. The molecule has 2 amide bonds. The van der Waals surface area contributed by atoms with Crippen molar-refractivity contribution >= 4 is 28.8 Å². The molecule has 2 aliphatic rings. The van der Waals surface area contributed by atoms with Crippen LogP contribution >= 0.6 is 0 Å². The topological polar surface area (TPSA) is 79.7 Å². The monoisotopic (exact) mass is 385 g/mol. The summed E-state index contributed by atoms with van der Waals surface area (Å²) in [5.41, 5.74) is 2.36. The van der Waals surface area contributed by atoms with Crippen LogP contribution in [0.5, 0.6) is 0 Å². The van der Waals surface area contributed by atoms with Crippen LogP contribution in [0.4, 0.5) is 5.95 Å². The fourth-order valence-electron chi connectivity index (χ4n) is 4.30. The van der Waals surface area contributed by atoms with Gasteiger partial charge in [0.2, 0.25) is 11.9 Å². The number of imidazole rings is 1. The number of benzene rings is 1. The van der Waals surface area contributed by atoms with Crippen LogP contribution in [0.2, 0.25) is 0 Å². The number of aromatic nitrogens is 2. The highest BCUT2D eigenvalue weighted by Gasteiger charge is 2.43. The van der Waals surface area contributed by atoms with Crippen LogP contribution in [0, 0.1) is 11.8 Å². The number of carbonyl (C=O) groups is 2. The number of methoxy groups -OCH3 is 1. The Morgan fingerprint density at radius 2 is 2.14 bits per heavy atom. The summed E-state index contributed by atoms with van der Waals surface area (Å²) < 4.78 is 7.03. The fraction of sp³-hybridized carbons (Fsp3) is 0.550. The summed E-state index contributed by atoms with van der Waals surface area (Å²) >= 11 is 0. The Morgan fingerprint density at radius 3 is 2.93 bits per heavy atom. The van der Waals surface area contributed by atoms with Crippen molar-refractivity contribution in [2.45, 2.75) is 6.42 Å². The summed E-state index contributed by atoms with van der Waals surface area (Å²) in [6.07, 6.45) is 0.965. The van der Waals surface area contributed by atoms with Crippen molar-refractivity contribution in [1.82, 2.24) is 19.4 Å². The summed E-state index contributed by atoms with van der Waals surface area (Å²) in [5, 5.41) is 3.24. The molecule has 150 valence electrons. The Morgan fingerprint density at radius 1 is 1.32 bits per heavy atom. The van der Waals surface area contributed by atoms with Crippen molar-refractivity contribution in [3.05, 3.63) is 23.8 Å². The third-order valence-electron chi connectivity index (χ3n) is 5.97. The zero-order valence-electron chi connectivity index (χ0n) is 16.6. The molecule has 1 aromatic carbocycles. The van der Waals surface area contributed by atoms with E-state index in [1.165, 1.54) is 0 Å². The maximum atomic E-state index is 13.1. The van der Waals surface area contributed by atoms with Gasteiger partial charge in [-0.25, -0.2) is 4.98 Å². The number of amides is 2. The van der Waals surface area contributed by atoms with Gasteiger partial charge in [0.05, 0.1) is 23.6 Å². The van der Waals surface area contributed by atoms with Crippen LogP contribution < -0.4 is 5.32 Å². The lowest BCUT2D eigenvalue weighted by Gasteiger charge is -2.30. The number of fused-ring (bicyclic) bond motifs is 2. The van der Waals surface area contributed by atoms with E-state index in [1.807, 2.05) is 41.8 Å². The van der Waals surface area contributed by atoms with Gasteiger partial charge in [-0.1, -0.05) is 0 Å². The molecule has 8 heteroatoms. The minimum atomic E-state index is -0.0575. The van der Waals surface area contributed by atoms with Crippen LogP contribution in [0.25, 0.3) is 11.0 Å². The molecule has 1 N–H and O–H groups in total. The number of aryl methyl sites for hydroxylation is 1. The van der Waals surface area contributed by atoms with Crippen LogP contribution in [0.1, 0.15) is 16.8 Å². The van der Waals surface area contributed by atoms with E-state index in [0.717, 1.165) is 29.9 Å². The number of piperidine rings is 1. The summed E-state index contributed by atoms with van der Waals surface area (Å²) in [6, 6.07) is 5.62. The average Bonchev–Trinajstić information content (AvgIpc) is 3.26. The van der Waals surface area contributed by atoms with E-state index < -0.39 is 0 Å². The first-order valence-corrected chi connectivity index (χ1v) is 9.73. The second kappa shape index (κ2) is 7.43. The van der Waals surface area contributed by atoms with Crippen molar-refractivity contribution in [2.75, 3.05) is 52.3 Å². The second-order valence-electron chi connectivity index (χ2n) is 7.74. The van der Waals surface area contributed by atoms with Gasteiger partial charge < -0.3 is 24.4 Å². The molecule has 0 spiro atoms. The van der Waals surface area contributed by atoms with E-state index in [-0.39, 0.29) is 23.7 Å². The number of rotatable bonds is 5. The molecule has 2 aliphatic heterocycles. The molecule has 28 heavy (non-hydrogen) atoms. The lowest BCUT2D eigenvalue weighted by atomic mass is 9.88. The molecule has 2 saturated heterocycles. The molecule has 0 aliphatic carbocycles. The Hall–Kier alpha value is -2.61. The SMILES string of the molecule is COCCNc1nc2cc(C(=O)N3C[C@H]4CCN(C)C(=O)[C@H]4C3)ccc2n1C. The Bertz CT molecular complexity index is 909. The van der Waals surface area contributed by atoms with Crippen molar-refractivity contribution in [3.8, 4) is 0 Å². The van der Waals surface area contributed by atoms with Gasteiger partial charge in [-0.05, 0) is 30.5 Å². The van der Waals surface area contributed by atoms with Gasteiger partial charge in [0.15, 0.2) is 0 Å². The third kappa shape index (κ3) is 3.22. The molecular weight excluding hydrogens is 358 g/mol. The quantitative estimate of drug-likeness (QED) is 0.782. The summed E-state index contributed by atoms with van der Waals surface area (Å²) in [4.78, 5) is 33.7. The molecule has 4 rings (SSSR count). The summed E-state index contributed by atoms with van der Waals surface area (Å²) in [6.45, 7) is 3.21. The highest BCUT2D eigenvalue weighted by Crippen LogP contribution is 2.32. The van der Waals surface area contributed by atoms with Crippen LogP contribution in [0.15, 0.2) is 18.2 Å². The number of nitrogens with zero attached hydrogens (tertiary/aromatic N) is 4. The Labute approximate surface area is 164 Å². The smallest absolute Gasteiger partial charge is 0.253 e. The molecule has 2 fully saturated rings. The average molecular weight is 385 g/mol. The molecule has 3 heterocycles. The molecule has 0 bridgehead atoms. The van der Waals surface area contributed by atoms with Gasteiger partial charge in [-0.2, -0.15) is 0 Å². The van der Waals surface area contributed by atoms with Crippen LogP contribution in [-0.4, -0.2) is 78.1 Å². The van der Waals surface area contributed by atoms with Gasteiger partial charge in [-0.3, -0.25) is 9.59 Å². The highest BCUT2D eigenvalue weighted by molar-refractivity contribution is 5.98. The van der Waals surface area contributed by atoms with Crippen molar-refractivity contribution in [1.29, 1.82) is 0 Å². The number of carbonyl (C=O) groups excluding carboxylic acids is 2.